The fourth-order valence-corrected chi connectivity index (χ4v) is 2.28. The molecule has 2 nitrogen and oxygen atoms in total. The maximum absolute atomic E-state index is 13.4. The second-order valence-corrected chi connectivity index (χ2v) is 5.02. The molecular formula is C10H5BrF5NO. The van der Waals surface area contributed by atoms with Gasteiger partial charge in [-0.2, -0.15) is 0 Å². The van der Waals surface area contributed by atoms with E-state index < -0.39 is 40.7 Å². The molecule has 1 fully saturated rings. The Bertz CT molecular complexity index is 506. The third-order valence-electron chi connectivity index (χ3n) is 2.53. The van der Waals surface area contributed by atoms with Gasteiger partial charge in [-0.25, -0.2) is 22.0 Å². The topological polar surface area (TPSA) is 20.3 Å². The molecule has 98 valence electrons. The van der Waals surface area contributed by atoms with E-state index in [1.165, 1.54) is 0 Å². The van der Waals surface area contributed by atoms with Crippen molar-refractivity contribution < 1.29 is 26.7 Å². The zero-order valence-electron chi connectivity index (χ0n) is 8.61. The van der Waals surface area contributed by atoms with Crippen LogP contribution in [-0.4, -0.2) is 17.3 Å². The van der Waals surface area contributed by atoms with Crippen molar-refractivity contribution in [2.24, 2.45) is 0 Å². The Morgan fingerprint density at radius 3 is 1.78 bits per heavy atom. The number of hydrogen-bond donors (Lipinski definition) is 0. The number of nitrogens with zero attached hydrogens (tertiary/aromatic N) is 1. The lowest BCUT2D eigenvalue weighted by Gasteiger charge is -2.18. The average molecular weight is 330 g/mol. The summed E-state index contributed by atoms with van der Waals surface area (Å²) >= 11 is 3.05. The normalized spacial score (nSPS) is 19.8. The van der Waals surface area contributed by atoms with Crippen molar-refractivity contribution >= 4 is 27.5 Å². The van der Waals surface area contributed by atoms with Crippen molar-refractivity contribution in [2.45, 2.75) is 11.2 Å². The molecule has 1 amide bonds. The molecule has 8 heteroatoms. The van der Waals surface area contributed by atoms with Gasteiger partial charge in [0, 0.05) is 17.8 Å². The number of amides is 1. The number of alkyl halides is 1. The molecular weight excluding hydrogens is 325 g/mol. The molecule has 1 aromatic carbocycles. The fourth-order valence-electron chi connectivity index (χ4n) is 1.71. The van der Waals surface area contributed by atoms with Gasteiger partial charge in [-0.3, -0.25) is 4.79 Å². The van der Waals surface area contributed by atoms with Crippen molar-refractivity contribution in [2.75, 3.05) is 11.4 Å². The van der Waals surface area contributed by atoms with E-state index in [-0.39, 0.29) is 17.8 Å². The summed E-state index contributed by atoms with van der Waals surface area (Å²) in [6.45, 7) is -0.156. The Morgan fingerprint density at radius 1 is 0.944 bits per heavy atom. The number of rotatable bonds is 1. The largest absolute Gasteiger partial charge is 0.306 e. The number of halogens is 6. The van der Waals surface area contributed by atoms with E-state index >= 15 is 0 Å². The minimum atomic E-state index is -2.24. The van der Waals surface area contributed by atoms with Crippen LogP contribution in [0.25, 0.3) is 0 Å². The van der Waals surface area contributed by atoms with Gasteiger partial charge in [0.25, 0.3) is 0 Å². The molecule has 0 aliphatic carbocycles. The summed E-state index contributed by atoms with van der Waals surface area (Å²) in [5, 5.41) is 0. The summed E-state index contributed by atoms with van der Waals surface area (Å²) in [6.07, 6.45) is -0.0699. The lowest BCUT2D eigenvalue weighted by atomic mass is 10.2. The summed E-state index contributed by atoms with van der Waals surface area (Å²) < 4.78 is 65.6. The average Bonchev–Trinajstić information content (AvgIpc) is 2.64. The number of carbonyl (C=O) groups excluding carboxylic acids is 1. The minimum Gasteiger partial charge on any atom is -0.306 e. The van der Waals surface area contributed by atoms with Gasteiger partial charge in [0.1, 0.15) is 5.69 Å². The van der Waals surface area contributed by atoms with Crippen LogP contribution >= 0.6 is 15.9 Å². The standard InChI is InChI=1S/C10H5BrF5NO/c11-3-1-4(18)17(2-3)10-8(15)6(13)5(12)7(14)9(10)16/h3H,1-2H2. The van der Waals surface area contributed by atoms with Crippen LogP contribution in [0.3, 0.4) is 0 Å². The first kappa shape index (κ1) is 13.3. The molecule has 1 unspecified atom stereocenters. The van der Waals surface area contributed by atoms with Crippen LogP contribution < -0.4 is 4.90 Å². The summed E-state index contributed by atoms with van der Waals surface area (Å²) in [5.41, 5.74) is -1.20. The Kier molecular flexibility index (Phi) is 3.31. The molecule has 2 rings (SSSR count). The van der Waals surface area contributed by atoms with Crippen LogP contribution in [0.2, 0.25) is 0 Å². The molecule has 1 aliphatic rings. The zero-order chi connectivity index (χ0) is 13.6. The first-order valence-electron chi connectivity index (χ1n) is 4.80. The highest BCUT2D eigenvalue weighted by atomic mass is 79.9. The van der Waals surface area contributed by atoms with Crippen LogP contribution in [0.5, 0.6) is 0 Å². The molecule has 1 aliphatic heterocycles. The molecule has 0 spiro atoms. The Balaban J connectivity index is 2.62. The van der Waals surface area contributed by atoms with Crippen LogP contribution in [-0.2, 0) is 4.79 Å². The molecule has 1 aromatic rings. The van der Waals surface area contributed by atoms with Crippen LogP contribution in [0, 0.1) is 29.1 Å². The van der Waals surface area contributed by atoms with E-state index in [1.807, 2.05) is 0 Å². The predicted octanol–water partition coefficient (Wildman–Crippen LogP) is 2.88. The number of carbonyl (C=O) groups is 1. The predicted molar refractivity (Wildman–Crippen MR) is 55.9 cm³/mol. The summed E-state index contributed by atoms with van der Waals surface area (Å²) in [6, 6.07) is 0. The van der Waals surface area contributed by atoms with Gasteiger partial charge in [0.2, 0.25) is 11.7 Å². The Labute approximate surface area is 107 Å². The van der Waals surface area contributed by atoms with Gasteiger partial charge in [0.05, 0.1) is 0 Å². The van der Waals surface area contributed by atoms with E-state index in [9.17, 15) is 26.7 Å². The maximum atomic E-state index is 13.4. The van der Waals surface area contributed by atoms with E-state index in [4.69, 9.17) is 0 Å². The van der Waals surface area contributed by atoms with Crippen LogP contribution in [0.1, 0.15) is 6.42 Å². The maximum Gasteiger partial charge on any atom is 0.228 e. The number of hydrogen-bond acceptors (Lipinski definition) is 1. The van der Waals surface area contributed by atoms with Crippen molar-refractivity contribution in [1.29, 1.82) is 0 Å². The van der Waals surface area contributed by atoms with Crippen LogP contribution in [0.4, 0.5) is 27.6 Å². The quantitative estimate of drug-likeness (QED) is 0.336. The minimum absolute atomic E-state index is 0.0699. The third-order valence-corrected chi connectivity index (χ3v) is 3.15. The molecule has 0 aromatic heterocycles. The molecule has 0 saturated carbocycles. The highest BCUT2D eigenvalue weighted by Crippen LogP contribution is 2.33. The van der Waals surface area contributed by atoms with Gasteiger partial charge >= 0.3 is 0 Å². The third kappa shape index (κ3) is 1.88. The second-order valence-electron chi connectivity index (χ2n) is 3.72. The molecule has 0 radical (unpaired) electrons. The molecule has 1 atom stereocenters. The molecule has 18 heavy (non-hydrogen) atoms. The van der Waals surface area contributed by atoms with Gasteiger partial charge < -0.3 is 4.90 Å². The monoisotopic (exact) mass is 329 g/mol. The second kappa shape index (κ2) is 4.49. The lowest BCUT2D eigenvalue weighted by molar-refractivity contribution is -0.117. The number of anilines is 1. The zero-order valence-corrected chi connectivity index (χ0v) is 10.2. The highest BCUT2D eigenvalue weighted by Gasteiger charge is 2.36. The SMILES string of the molecule is O=C1CC(Br)CN1c1c(F)c(F)c(F)c(F)c1F. The fraction of sp³-hybridized carbons (Fsp3) is 0.300. The van der Waals surface area contributed by atoms with Gasteiger partial charge in [-0.05, 0) is 0 Å². The lowest BCUT2D eigenvalue weighted by Crippen LogP contribution is -2.28. The first-order valence-corrected chi connectivity index (χ1v) is 5.72. The van der Waals surface area contributed by atoms with E-state index in [1.54, 1.807) is 0 Å². The van der Waals surface area contributed by atoms with Gasteiger partial charge in [0.15, 0.2) is 23.3 Å². The molecule has 1 saturated heterocycles. The van der Waals surface area contributed by atoms with E-state index in [2.05, 4.69) is 15.9 Å². The van der Waals surface area contributed by atoms with Crippen molar-refractivity contribution in [1.82, 2.24) is 0 Å². The van der Waals surface area contributed by atoms with Gasteiger partial charge in [-0.1, -0.05) is 15.9 Å². The Morgan fingerprint density at radius 2 is 1.39 bits per heavy atom. The summed E-state index contributed by atoms with van der Waals surface area (Å²) in [7, 11) is 0. The van der Waals surface area contributed by atoms with Crippen molar-refractivity contribution in [3.63, 3.8) is 0 Å². The van der Waals surface area contributed by atoms with Gasteiger partial charge in [-0.15, -0.1) is 0 Å². The number of benzene rings is 1. The summed E-state index contributed by atoms with van der Waals surface area (Å²) in [5.74, 6) is -11.1. The van der Waals surface area contributed by atoms with Crippen LogP contribution in [0.15, 0.2) is 0 Å². The smallest absolute Gasteiger partial charge is 0.228 e. The first-order chi connectivity index (χ1) is 8.34. The molecule has 0 N–H and O–H groups in total. The highest BCUT2D eigenvalue weighted by molar-refractivity contribution is 9.09. The van der Waals surface area contributed by atoms with E-state index in [0.717, 1.165) is 0 Å². The molecule has 1 heterocycles. The summed E-state index contributed by atoms with van der Waals surface area (Å²) in [4.78, 5) is 11.6. The Hall–Kier alpha value is -1.18. The van der Waals surface area contributed by atoms with Crippen molar-refractivity contribution in [3.8, 4) is 0 Å². The van der Waals surface area contributed by atoms with E-state index in [0.29, 0.717) is 4.90 Å². The molecule has 0 bridgehead atoms. The van der Waals surface area contributed by atoms with Crippen molar-refractivity contribution in [3.05, 3.63) is 29.1 Å².